The van der Waals surface area contributed by atoms with Crippen molar-refractivity contribution in [3.05, 3.63) is 89.5 Å². The van der Waals surface area contributed by atoms with Crippen molar-refractivity contribution < 1.29 is 37.4 Å². The van der Waals surface area contributed by atoms with E-state index in [0.29, 0.717) is 23.8 Å². The third-order valence-electron chi connectivity index (χ3n) is 8.23. The highest BCUT2D eigenvalue weighted by Crippen LogP contribution is 2.29. The lowest BCUT2D eigenvalue weighted by atomic mass is 10.0. The minimum atomic E-state index is -5.08. The monoisotopic (exact) mass is 735 g/mol. The molecule has 0 aliphatic heterocycles. The Hall–Kier alpha value is -5.77. The summed E-state index contributed by atoms with van der Waals surface area (Å²) in [6.45, 7) is 1.98. The van der Waals surface area contributed by atoms with Crippen LogP contribution < -0.4 is 15.4 Å². The normalized spacial score (nSPS) is 11.9. The number of unbranched alkanes of at least 4 members (excludes halogenated alkanes) is 2. The molecule has 0 saturated carbocycles. The number of halogens is 3. The van der Waals surface area contributed by atoms with Crippen molar-refractivity contribution in [3.8, 4) is 17.0 Å². The van der Waals surface area contributed by atoms with Gasteiger partial charge in [0.2, 0.25) is 16.9 Å². The molecule has 6 aromatic rings. The first kappa shape index (κ1) is 37.5. The first-order valence-electron chi connectivity index (χ1n) is 16.3. The number of H-pyrrole nitrogens is 2. The third-order valence-corrected chi connectivity index (χ3v) is 8.84. The molecule has 0 saturated heterocycles. The van der Waals surface area contributed by atoms with Crippen molar-refractivity contribution in [1.82, 2.24) is 30.5 Å². The predicted molar refractivity (Wildman–Crippen MR) is 191 cm³/mol. The van der Waals surface area contributed by atoms with Gasteiger partial charge in [0.05, 0.1) is 31.5 Å². The number of aliphatic carboxylic acids is 1. The number of amides is 2. The fraction of sp³-hybridized carbons (Fsp3) is 0.278. The highest BCUT2D eigenvalue weighted by Gasteiger charge is 2.38. The van der Waals surface area contributed by atoms with Crippen molar-refractivity contribution >= 4 is 55.9 Å². The summed E-state index contributed by atoms with van der Waals surface area (Å²) in [5.74, 6) is -1.47. The number of benzene rings is 3. The zero-order valence-corrected chi connectivity index (χ0v) is 29.0. The molecule has 3 heterocycles. The van der Waals surface area contributed by atoms with Gasteiger partial charge in [-0.3, -0.25) is 9.59 Å². The molecule has 2 amide bonds. The van der Waals surface area contributed by atoms with Crippen LogP contribution in [0.2, 0.25) is 0 Å². The first-order chi connectivity index (χ1) is 24.9. The van der Waals surface area contributed by atoms with Crippen LogP contribution in [-0.4, -0.2) is 61.3 Å². The van der Waals surface area contributed by atoms with Crippen LogP contribution in [-0.2, 0) is 20.8 Å². The number of imidazole rings is 1. The van der Waals surface area contributed by atoms with Crippen LogP contribution in [0, 0.1) is 6.92 Å². The highest BCUT2D eigenvalue weighted by molar-refractivity contribution is 7.13. The van der Waals surface area contributed by atoms with E-state index in [-0.39, 0.29) is 24.3 Å². The Labute approximate surface area is 299 Å². The topological polar surface area (TPSA) is 175 Å². The Kier molecular flexibility index (Phi) is 12.2. The van der Waals surface area contributed by atoms with E-state index in [1.807, 2.05) is 43.5 Å². The molecule has 5 N–H and O–H groups in total. The average molecular weight is 736 g/mol. The fourth-order valence-electron chi connectivity index (χ4n) is 5.64. The second-order valence-corrected chi connectivity index (χ2v) is 12.7. The van der Waals surface area contributed by atoms with Crippen molar-refractivity contribution in [2.45, 2.75) is 57.7 Å². The quantitative estimate of drug-likeness (QED) is 0.0758. The number of ether oxygens (including phenoxy) is 1. The Balaban J connectivity index is 0.000000679. The number of methoxy groups -OCH3 is 1. The van der Waals surface area contributed by atoms with E-state index < -0.39 is 12.1 Å². The lowest BCUT2D eigenvalue weighted by Crippen LogP contribution is -2.30. The van der Waals surface area contributed by atoms with Gasteiger partial charge in [-0.15, -0.1) is 10.2 Å². The molecule has 0 unspecified atom stereocenters. The van der Waals surface area contributed by atoms with Gasteiger partial charge in [-0.2, -0.15) is 13.2 Å². The summed E-state index contributed by atoms with van der Waals surface area (Å²) in [5, 5.41) is 24.5. The van der Waals surface area contributed by atoms with E-state index >= 15 is 0 Å². The molecule has 0 bridgehead atoms. The van der Waals surface area contributed by atoms with Gasteiger partial charge in [0.15, 0.2) is 0 Å². The molecular weight excluding hydrogens is 700 g/mol. The number of nitrogens with one attached hydrogen (secondary N) is 4. The van der Waals surface area contributed by atoms with Crippen LogP contribution >= 0.6 is 11.3 Å². The fourth-order valence-corrected chi connectivity index (χ4v) is 6.10. The van der Waals surface area contributed by atoms with E-state index in [2.05, 4.69) is 61.1 Å². The number of carboxylic acids is 1. The van der Waals surface area contributed by atoms with Gasteiger partial charge in [0, 0.05) is 28.6 Å². The number of aromatic nitrogens is 5. The maximum Gasteiger partial charge on any atom is 0.490 e. The molecular formula is C36H36F3N7O5S. The number of nitrogens with zero attached hydrogens (tertiary/aromatic N) is 3. The SMILES string of the molecule is COc1ccc2[nH]c(C)c(CC(=O)N[C@@H](CCCCCC(=O)Nc3nncs3)c3ncc(-c4ccc5ccccc5c4)[nH]3)c2c1.O=C(O)C(F)(F)F. The van der Waals surface area contributed by atoms with Crippen LogP contribution in [0.5, 0.6) is 5.75 Å². The Morgan fingerprint density at radius 1 is 0.981 bits per heavy atom. The number of aromatic amines is 2. The number of anilines is 1. The summed E-state index contributed by atoms with van der Waals surface area (Å²) in [5.41, 5.74) is 6.37. The molecule has 16 heteroatoms. The number of alkyl halides is 3. The Morgan fingerprint density at radius 3 is 2.46 bits per heavy atom. The second-order valence-electron chi connectivity index (χ2n) is 11.9. The summed E-state index contributed by atoms with van der Waals surface area (Å²) >= 11 is 1.29. The molecule has 0 aliphatic rings. The molecule has 6 rings (SSSR count). The molecule has 1 atom stereocenters. The van der Waals surface area contributed by atoms with E-state index in [9.17, 15) is 22.8 Å². The number of carbonyl (C=O) groups is 3. The van der Waals surface area contributed by atoms with Crippen LogP contribution in [0.4, 0.5) is 18.3 Å². The minimum absolute atomic E-state index is 0.0756. The smallest absolute Gasteiger partial charge is 0.490 e. The Bertz CT molecular complexity index is 2150. The van der Waals surface area contributed by atoms with Crippen molar-refractivity contribution in [1.29, 1.82) is 0 Å². The van der Waals surface area contributed by atoms with Gasteiger partial charge in [-0.25, -0.2) is 9.78 Å². The number of aryl methyl sites for hydroxylation is 1. The number of rotatable bonds is 13. The van der Waals surface area contributed by atoms with Gasteiger partial charge in [-0.1, -0.05) is 60.6 Å². The molecule has 0 aliphatic carbocycles. The summed E-state index contributed by atoms with van der Waals surface area (Å²) < 4.78 is 37.2. The van der Waals surface area contributed by atoms with Crippen LogP contribution in [0.1, 0.15) is 55.2 Å². The van der Waals surface area contributed by atoms with Gasteiger partial charge in [0.1, 0.15) is 17.1 Å². The number of fused-ring (bicyclic) bond motifs is 2. The van der Waals surface area contributed by atoms with E-state index in [4.69, 9.17) is 19.6 Å². The standard InChI is InChI=1S/C34H35N7O3S.C2HF3O2/c1-21-26(27-17-25(44-2)14-15-28(27)37-21)18-32(43)38-29(10-4-3-5-11-31(42)40-34-41-36-20-45-34)33-35-19-30(39-33)24-13-12-22-8-6-7-9-23(22)16-24;3-2(4,5)1(6)7/h6-9,12-17,19-20,29,37H,3-5,10-11,18H2,1-2H3,(H,35,39)(H,38,43)(H,40,41,42);(H,6,7)/t29-;/m0./s1. The molecule has 0 spiro atoms. The third kappa shape index (κ3) is 9.93. The van der Waals surface area contributed by atoms with Gasteiger partial charge >= 0.3 is 12.1 Å². The lowest BCUT2D eigenvalue weighted by molar-refractivity contribution is -0.192. The van der Waals surface area contributed by atoms with Crippen molar-refractivity contribution in [2.75, 3.05) is 12.4 Å². The van der Waals surface area contributed by atoms with Crippen LogP contribution in [0.15, 0.2) is 72.4 Å². The largest absolute Gasteiger partial charge is 0.497 e. The lowest BCUT2D eigenvalue weighted by Gasteiger charge is -2.17. The number of hydrogen-bond acceptors (Lipinski definition) is 8. The molecule has 272 valence electrons. The minimum Gasteiger partial charge on any atom is -0.497 e. The zero-order chi connectivity index (χ0) is 37.3. The maximum atomic E-state index is 13.5. The molecule has 3 aromatic heterocycles. The molecule has 52 heavy (non-hydrogen) atoms. The van der Waals surface area contributed by atoms with Gasteiger partial charge in [0.25, 0.3) is 0 Å². The first-order valence-corrected chi connectivity index (χ1v) is 17.1. The maximum absolute atomic E-state index is 13.5. The van der Waals surface area contributed by atoms with Crippen LogP contribution in [0.3, 0.4) is 0 Å². The zero-order valence-electron chi connectivity index (χ0n) is 28.2. The van der Waals surface area contributed by atoms with E-state index in [1.54, 1.807) is 12.6 Å². The Morgan fingerprint density at radius 2 is 1.75 bits per heavy atom. The number of hydrogen-bond donors (Lipinski definition) is 5. The van der Waals surface area contributed by atoms with Crippen LogP contribution in [0.25, 0.3) is 32.9 Å². The van der Waals surface area contributed by atoms with Crippen molar-refractivity contribution in [2.24, 2.45) is 0 Å². The molecule has 0 fully saturated rings. The van der Waals surface area contributed by atoms with Crippen molar-refractivity contribution in [3.63, 3.8) is 0 Å². The molecule has 3 aromatic carbocycles. The molecule has 12 nitrogen and oxygen atoms in total. The number of carboxylic acid groups (broad SMARTS) is 1. The second kappa shape index (κ2) is 17.0. The average Bonchev–Trinajstić information content (AvgIpc) is 3.88. The predicted octanol–water partition coefficient (Wildman–Crippen LogP) is 7.50. The molecule has 0 radical (unpaired) electrons. The van der Waals surface area contributed by atoms with E-state index in [1.165, 1.54) is 16.7 Å². The summed E-state index contributed by atoms with van der Waals surface area (Å²) in [7, 11) is 1.64. The van der Waals surface area contributed by atoms with Gasteiger partial charge < -0.3 is 30.4 Å². The highest BCUT2D eigenvalue weighted by atomic mass is 32.1. The number of carbonyl (C=O) groups excluding carboxylic acids is 2. The van der Waals surface area contributed by atoms with E-state index in [0.717, 1.165) is 63.8 Å². The summed E-state index contributed by atoms with van der Waals surface area (Å²) in [4.78, 5) is 46.3. The van der Waals surface area contributed by atoms with Gasteiger partial charge in [-0.05, 0) is 60.4 Å². The summed E-state index contributed by atoms with van der Waals surface area (Å²) in [6, 6.07) is 20.1. The summed E-state index contributed by atoms with van der Waals surface area (Å²) in [6.07, 6.45) is 0.401.